The molecule has 0 saturated heterocycles. The predicted molar refractivity (Wildman–Crippen MR) is 105 cm³/mol. The number of aromatic amines is 1. The lowest BCUT2D eigenvalue weighted by atomic mass is 9.99. The highest BCUT2D eigenvalue weighted by atomic mass is 16.5. The molecule has 0 fully saturated rings. The molecule has 0 radical (unpaired) electrons. The van der Waals surface area contributed by atoms with Crippen molar-refractivity contribution < 1.29 is 4.52 Å². The number of nitrogens with zero attached hydrogens (tertiary/aromatic N) is 5. The van der Waals surface area contributed by atoms with Crippen molar-refractivity contribution in [2.75, 3.05) is 0 Å². The van der Waals surface area contributed by atoms with Crippen molar-refractivity contribution in [2.24, 2.45) is 0 Å². The molecule has 8 heteroatoms. The SMILES string of the molecule is Cc1ccc(-c2noc(C)c2Cc2n[nH]c(=O)cc2-c2cccc(C#N)n2)cn1. The molecule has 0 aliphatic rings. The minimum atomic E-state index is -0.349. The normalized spacial score (nSPS) is 10.7. The van der Waals surface area contributed by atoms with Crippen molar-refractivity contribution in [3.63, 3.8) is 0 Å². The van der Waals surface area contributed by atoms with Gasteiger partial charge in [-0.05, 0) is 38.1 Å². The number of aromatic nitrogens is 5. The van der Waals surface area contributed by atoms with Gasteiger partial charge in [0, 0.05) is 41.1 Å². The molecular weight excluding hydrogens is 368 g/mol. The second kappa shape index (κ2) is 7.48. The van der Waals surface area contributed by atoms with Crippen LogP contribution >= 0.6 is 0 Å². The number of hydrogen-bond donors (Lipinski definition) is 1. The fourth-order valence-corrected chi connectivity index (χ4v) is 3.03. The van der Waals surface area contributed by atoms with Crippen molar-refractivity contribution in [2.45, 2.75) is 20.3 Å². The molecule has 1 N–H and O–H groups in total. The molecule has 0 spiro atoms. The summed E-state index contributed by atoms with van der Waals surface area (Å²) >= 11 is 0. The van der Waals surface area contributed by atoms with Crippen molar-refractivity contribution in [1.82, 2.24) is 25.3 Å². The maximum Gasteiger partial charge on any atom is 0.264 e. The van der Waals surface area contributed by atoms with Gasteiger partial charge in [0.25, 0.3) is 5.56 Å². The van der Waals surface area contributed by atoms with E-state index in [9.17, 15) is 4.79 Å². The molecule has 4 heterocycles. The van der Waals surface area contributed by atoms with Crippen LogP contribution in [0.3, 0.4) is 0 Å². The van der Waals surface area contributed by atoms with Crippen molar-refractivity contribution >= 4 is 0 Å². The Hall–Kier alpha value is -4.12. The zero-order chi connectivity index (χ0) is 20.4. The van der Waals surface area contributed by atoms with E-state index in [0.29, 0.717) is 34.8 Å². The number of nitrogens with one attached hydrogen (secondary N) is 1. The lowest BCUT2D eigenvalue weighted by molar-refractivity contribution is 0.398. The average molecular weight is 384 g/mol. The Labute approximate surface area is 165 Å². The molecule has 0 amide bonds. The molecule has 4 aromatic heterocycles. The van der Waals surface area contributed by atoms with E-state index in [0.717, 1.165) is 16.8 Å². The van der Waals surface area contributed by atoms with Crippen LogP contribution in [0.25, 0.3) is 22.5 Å². The molecule has 29 heavy (non-hydrogen) atoms. The Balaban J connectivity index is 1.80. The standard InChI is InChI=1S/C21H16N6O2/c1-12-6-7-14(11-23-12)21-16(13(2)29-27-21)8-19-17(9-20(28)26-25-19)18-5-3-4-15(10-22)24-18/h3-7,9,11H,8H2,1-2H3,(H,26,28). The van der Waals surface area contributed by atoms with Gasteiger partial charge in [0.05, 0.1) is 11.4 Å². The quantitative estimate of drug-likeness (QED) is 0.574. The van der Waals surface area contributed by atoms with Gasteiger partial charge in [-0.1, -0.05) is 11.2 Å². The molecule has 8 nitrogen and oxygen atoms in total. The molecule has 0 aliphatic carbocycles. The minimum absolute atomic E-state index is 0.265. The maximum atomic E-state index is 11.9. The summed E-state index contributed by atoms with van der Waals surface area (Å²) in [6, 6.07) is 12.4. The second-order valence-corrected chi connectivity index (χ2v) is 6.54. The molecule has 0 aromatic carbocycles. The number of pyridine rings is 2. The molecule has 4 rings (SSSR count). The zero-order valence-corrected chi connectivity index (χ0v) is 15.8. The summed E-state index contributed by atoms with van der Waals surface area (Å²) in [5.74, 6) is 0.651. The van der Waals surface area contributed by atoms with E-state index in [1.54, 1.807) is 24.4 Å². The highest BCUT2D eigenvalue weighted by Crippen LogP contribution is 2.29. The highest BCUT2D eigenvalue weighted by molar-refractivity contribution is 5.66. The molecule has 4 aromatic rings. The summed E-state index contributed by atoms with van der Waals surface area (Å²) in [4.78, 5) is 20.5. The van der Waals surface area contributed by atoms with Crippen LogP contribution in [0.1, 0.15) is 28.4 Å². The lowest BCUT2D eigenvalue weighted by Gasteiger charge is -2.08. The molecular formula is C21H16N6O2. The summed E-state index contributed by atoms with van der Waals surface area (Å²) in [7, 11) is 0. The predicted octanol–water partition coefficient (Wildman–Crippen LogP) is 2.96. The van der Waals surface area contributed by atoms with E-state index >= 15 is 0 Å². The van der Waals surface area contributed by atoms with Crippen LogP contribution in [0.15, 0.2) is 51.9 Å². The first-order valence-electron chi connectivity index (χ1n) is 8.89. The largest absolute Gasteiger partial charge is 0.361 e. The Morgan fingerprint density at radius 3 is 2.83 bits per heavy atom. The Bertz CT molecular complexity index is 1280. The maximum absolute atomic E-state index is 11.9. The van der Waals surface area contributed by atoms with E-state index in [4.69, 9.17) is 9.78 Å². The van der Waals surface area contributed by atoms with Gasteiger partial charge in [0.1, 0.15) is 23.2 Å². The van der Waals surface area contributed by atoms with Crippen LogP contribution in [0.4, 0.5) is 0 Å². The summed E-state index contributed by atoms with van der Waals surface area (Å²) in [6.07, 6.45) is 2.11. The molecule has 0 unspecified atom stereocenters. The Morgan fingerprint density at radius 1 is 1.21 bits per heavy atom. The van der Waals surface area contributed by atoms with Gasteiger partial charge in [0.2, 0.25) is 0 Å². The van der Waals surface area contributed by atoms with E-state index in [2.05, 4.69) is 25.3 Å². The first-order chi connectivity index (χ1) is 14.0. The average Bonchev–Trinajstić information content (AvgIpc) is 3.10. The third-order valence-corrected chi connectivity index (χ3v) is 4.54. The fraction of sp³-hybridized carbons (Fsp3) is 0.143. The molecule has 0 saturated carbocycles. The monoisotopic (exact) mass is 384 g/mol. The van der Waals surface area contributed by atoms with Crippen LogP contribution in [0.5, 0.6) is 0 Å². The van der Waals surface area contributed by atoms with Gasteiger partial charge >= 0.3 is 0 Å². The van der Waals surface area contributed by atoms with E-state index < -0.39 is 0 Å². The summed E-state index contributed by atoms with van der Waals surface area (Å²) in [5.41, 5.74) is 4.82. The second-order valence-electron chi connectivity index (χ2n) is 6.54. The third kappa shape index (κ3) is 3.66. The van der Waals surface area contributed by atoms with E-state index in [-0.39, 0.29) is 11.3 Å². The van der Waals surface area contributed by atoms with Crippen molar-refractivity contribution in [1.29, 1.82) is 5.26 Å². The number of rotatable bonds is 4. The van der Waals surface area contributed by atoms with Crippen LogP contribution < -0.4 is 5.56 Å². The Kier molecular flexibility index (Phi) is 4.71. The highest BCUT2D eigenvalue weighted by Gasteiger charge is 2.19. The number of hydrogen-bond acceptors (Lipinski definition) is 7. The lowest BCUT2D eigenvalue weighted by Crippen LogP contribution is -2.11. The van der Waals surface area contributed by atoms with Crippen LogP contribution in [0.2, 0.25) is 0 Å². The van der Waals surface area contributed by atoms with Gasteiger partial charge < -0.3 is 4.52 Å². The molecule has 0 aliphatic heterocycles. The summed E-state index contributed by atoms with van der Waals surface area (Å²) in [5, 5.41) is 20.0. The van der Waals surface area contributed by atoms with Crippen molar-refractivity contribution in [3.05, 3.63) is 81.4 Å². The van der Waals surface area contributed by atoms with E-state index in [1.807, 2.05) is 32.0 Å². The minimum Gasteiger partial charge on any atom is -0.361 e. The molecule has 0 atom stereocenters. The van der Waals surface area contributed by atoms with Gasteiger partial charge in [-0.3, -0.25) is 9.78 Å². The van der Waals surface area contributed by atoms with Gasteiger partial charge in [-0.25, -0.2) is 10.1 Å². The van der Waals surface area contributed by atoms with E-state index in [1.165, 1.54) is 6.07 Å². The third-order valence-electron chi connectivity index (χ3n) is 4.54. The smallest absolute Gasteiger partial charge is 0.264 e. The van der Waals surface area contributed by atoms with Crippen LogP contribution in [-0.2, 0) is 6.42 Å². The summed E-state index contributed by atoms with van der Waals surface area (Å²) < 4.78 is 5.42. The first kappa shape index (κ1) is 18.3. The number of nitriles is 1. The number of H-pyrrole nitrogens is 1. The van der Waals surface area contributed by atoms with Gasteiger partial charge in [-0.2, -0.15) is 10.4 Å². The topological polar surface area (TPSA) is 121 Å². The Morgan fingerprint density at radius 2 is 2.07 bits per heavy atom. The van der Waals surface area contributed by atoms with Crippen molar-refractivity contribution in [3.8, 4) is 28.6 Å². The first-order valence-corrected chi connectivity index (χ1v) is 8.89. The van der Waals surface area contributed by atoms with Crippen LogP contribution in [0, 0.1) is 25.2 Å². The van der Waals surface area contributed by atoms with Gasteiger partial charge in [-0.15, -0.1) is 0 Å². The summed E-state index contributed by atoms with van der Waals surface area (Å²) in [6.45, 7) is 3.74. The number of aryl methyl sites for hydroxylation is 2. The molecule has 0 bridgehead atoms. The van der Waals surface area contributed by atoms with Gasteiger partial charge in [0.15, 0.2) is 0 Å². The zero-order valence-electron chi connectivity index (χ0n) is 15.8. The molecule has 142 valence electrons. The van der Waals surface area contributed by atoms with Crippen LogP contribution in [-0.4, -0.2) is 25.3 Å². The fourth-order valence-electron chi connectivity index (χ4n) is 3.03.